The van der Waals surface area contributed by atoms with E-state index in [-0.39, 0.29) is 17.9 Å². The monoisotopic (exact) mass is 355 g/mol. The molecule has 0 unspecified atom stereocenters. The van der Waals surface area contributed by atoms with Gasteiger partial charge in [0.1, 0.15) is 11.6 Å². The van der Waals surface area contributed by atoms with Crippen molar-refractivity contribution in [1.29, 1.82) is 0 Å². The Hall–Kier alpha value is -2.63. The van der Waals surface area contributed by atoms with Gasteiger partial charge in [0.15, 0.2) is 0 Å². The molecule has 0 atom stereocenters. The zero-order chi connectivity index (χ0) is 18.1. The van der Waals surface area contributed by atoms with Gasteiger partial charge in [-0.3, -0.25) is 9.36 Å². The van der Waals surface area contributed by atoms with Crippen LogP contribution in [0.15, 0.2) is 29.2 Å². The van der Waals surface area contributed by atoms with Crippen LogP contribution in [-0.4, -0.2) is 16.2 Å². The van der Waals surface area contributed by atoms with Gasteiger partial charge < -0.3 is 10.1 Å². The summed E-state index contributed by atoms with van der Waals surface area (Å²) in [6.45, 7) is 0.840. The van der Waals surface area contributed by atoms with Crippen molar-refractivity contribution in [2.45, 2.75) is 38.6 Å². The summed E-state index contributed by atoms with van der Waals surface area (Å²) < 4.78 is 21.2. The molecule has 0 saturated carbocycles. The molecule has 0 fully saturated rings. The van der Waals surface area contributed by atoms with E-state index in [1.165, 1.54) is 17.1 Å². The van der Waals surface area contributed by atoms with Crippen molar-refractivity contribution < 1.29 is 9.13 Å². The topological polar surface area (TPSA) is 56.1 Å². The summed E-state index contributed by atoms with van der Waals surface area (Å²) in [5.74, 6) is 0.909. The normalized spacial score (nSPS) is 16.0. The number of allylic oxidation sites excluding steroid dienone is 2. The molecule has 26 heavy (non-hydrogen) atoms. The lowest BCUT2D eigenvalue weighted by Crippen LogP contribution is -2.25. The van der Waals surface area contributed by atoms with Gasteiger partial charge in [0.25, 0.3) is 5.56 Å². The highest BCUT2D eigenvalue weighted by molar-refractivity contribution is 5.65. The molecule has 6 heteroatoms. The van der Waals surface area contributed by atoms with E-state index in [9.17, 15) is 9.18 Å². The molecule has 136 valence electrons. The summed E-state index contributed by atoms with van der Waals surface area (Å²) in [7, 11) is 1.69. The Morgan fingerprint density at radius 3 is 3.00 bits per heavy atom. The smallest absolute Gasteiger partial charge is 0.262 e. The Morgan fingerprint density at radius 1 is 1.31 bits per heavy atom. The average Bonchev–Trinajstić information content (AvgIpc) is 3.14. The number of fused-ring (bicyclic) bond motifs is 1. The number of aromatic nitrogens is 2. The molecule has 0 saturated heterocycles. The molecular weight excluding hydrogens is 333 g/mol. The first-order valence-corrected chi connectivity index (χ1v) is 9.07. The lowest BCUT2D eigenvalue weighted by Gasteiger charge is -2.16. The van der Waals surface area contributed by atoms with E-state index in [1.807, 2.05) is 0 Å². The fourth-order valence-electron chi connectivity index (χ4n) is 3.69. The molecule has 4 rings (SSSR count). The number of rotatable bonds is 4. The second-order valence-corrected chi connectivity index (χ2v) is 6.79. The molecule has 1 aromatic carbocycles. The minimum atomic E-state index is -0.268. The minimum absolute atomic E-state index is 0.0715. The van der Waals surface area contributed by atoms with Gasteiger partial charge in [-0.15, -0.1) is 0 Å². The fourth-order valence-corrected chi connectivity index (χ4v) is 3.69. The number of anilines is 1. The Morgan fingerprint density at radius 2 is 2.19 bits per heavy atom. The first-order valence-electron chi connectivity index (χ1n) is 9.07. The number of ether oxygens (including phenoxy) is 1. The average molecular weight is 355 g/mol. The number of hydrogen-bond acceptors (Lipinski definition) is 4. The Kier molecular flexibility index (Phi) is 4.49. The molecule has 1 aromatic heterocycles. The van der Waals surface area contributed by atoms with Crippen LogP contribution in [0.25, 0.3) is 5.57 Å². The van der Waals surface area contributed by atoms with Crippen LogP contribution in [-0.2, 0) is 20.0 Å². The quantitative estimate of drug-likeness (QED) is 0.913. The van der Waals surface area contributed by atoms with Crippen LogP contribution < -0.4 is 15.6 Å². The zero-order valence-electron chi connectivity index (χ0n) is 14.8. The molecule has 0 bridgehead atoms. The van der Waals surface area contributed by atoms with Crippen molar-refractivity contribution in [3.8, 4) is 5.75 Å². The molecule has 0 amide bonds. The largest absolute Gasteiger partial charge is 0.493 e. The molecular formula is C20H22FN3O2. The Labute approximate surface area is 151 Å². The van der Waals surface area contributed by atoms with Crippen molar-refractivity contribution >= 4 is 11.5 Å². The maximum atomic E-state index is 14.2. The molecule has 2 heterocycles. The van der Waals surface area contributed by atoms with Gasteiger partial charge in [0.2, 0.25) is 5.95 Å². The number of benzene rings is 1. The Balaban J connectivity index is 1.59. The summed E-state index contributed by atoms with van der Waals surface area (Å²) in [6, 6.07) is 3.09. The summed E-state index contributed by atoms with van der Waals surface area (Å²) in [5.41, 5.74) is 3.15. The molecule has 1 aliphatic heterocycles. The lowest BCUT2D eigenvalue weighted by molar-refractivity contribution is 0.356. The van der Waals surface area contributed by atoms with Crippen LogP contribution in [0.3, 0.4) is 0 Å². The molecule has 2 aliphatic rings. The van der Waals surface area contributed by atoms with E-state index in [4.69, 9.17) is 4.74 Å². The number of nitrogens with one attached hydrogen (secondary N) is 1. The van der Waals surface area contributed by atoms with E-state index in [1.54, 1.807) is 19.3 Å². The second kappa shape index (κ2) is 6.94. The first-order chi connectivity index (χ1) is 12.6. The van der Waals surface area contributed by atoms with Crippen LogP contribution in [0, 0.1) is 5.82 Å². The van der Waals surface area contributed by atoms with E-state index < -0.39 is 0 Å². The van der Waals surface area contributed by atoms with Gasteiger partial charge >= 0.3 is 0 Å². The van der Waals surface area contributed by atoms with Gasteiger partial charge in [-0.2, -0.15) is 0 Å². The molecule has 2 aromatic rings. The highest BCUT2D eigenvalue weighted by atomic mass is 19.1. The van der Waals surface area contributed by atoms with Crippen LogP contribution >= 0.6 is 0 Å². The van der Waals surface area contributed by atoms with Crippen molar-refractivity contribution in [2.75, 3.05) is 11.9 Å². The molecule has 1 aliphatic carbocycles. The number of nitrogens with zero attached hydrogens (tertiary/aromatic N) is 2. The van der Waals surface area contributed by atoms with E-state index in [2.05, 4.69) is 16.4 Å². The van der Waals surface area contributed by atoms with Gasteiger partial charge in [0, 0.05) is 37.3 Å². The maximum absolute atomic E-state index is 14.2. The van der Waals surface area contributed by atoms with E-state index >= 15 is 0 Å². The van der Waals surface area contributed by atoms with Crippen molar-refractivity contribution in [3.63, 3.8) is 0 Å². The van der Waals surface area contributed by atoms with Crippen molar-refractivity contribution in [3.05, 3.63) is 57.3 Å². The molecule has 0 radical (unpaired) electrons. The molecule has 1 N–H and O–H groups in total. The predicted octanol–water partition coefficient (Wildman–Crippen LogP) is 3.42. The van der Waals surface area contributed by atoms with Crippen LogP contribution in [0.2, 0.25) is 0 Å². The van der Waals surface area contributed by atoms with E-state index in [0.29, 0.717) is 30.1 Å². The highest BCUT2D eigenvalue weighted by Crippen LogP contribution is 2.30. The molecule has 5 nitrogen and oxygen atoms in total. The lowest BCUT2D eigenvalue weighted by atomic mass is 9.95. The third kappa shape index (κ3) is 3.00. The SMILES string of the molecule is Cn1c(NCc2c(F)ccc3c2CCO3)ncc(C2=CCCCC2)c1=O. The predicted molar refractivity (Wildman–Crippen MR) is 98.8 cm³/mol. The van der Waals surface area contributed by atoms with Gasteiger partial charge in [-0.05, 0) is 43.4 Å². The summed E-state index contributed by atoms with van der Waals surface area (Å²) in [5, 5.41) is 3.11. The van der Waals surface area contributed by atoms with Crippen molar-refractivity contribution in [1.82, 2.24) is 9.55 Å². The number of halogens is 1. The summed E-state index contributed by atoms with van der Waals surface area (Å²) in [6.07, 6.45) is 8.69. The third-order valence-electron chi connectivity index (χ3n) is 5.17. The van der Waals surface area contributed by atoms with Gasteiger partial charge in [-0.25, -0.2) is 9.37 Å². The highest BCUT2D eigenvalue weighted by Gasteiger charge is 2.20. The van der Waals surface area contributed by atoms with Gasteiger partial charge in [-0.1, -0.05) is 6.08 Å². The fraction of sp³-hybridized carbons (Fsp3) is 0.400. The maximum Gasteiger partial charge on any atom is 0.262 e. The van der Waals surface area contributed by atoms with Crippen molar-refractivity contribution in [2.24, 2.45) is 7.05 Å². The summed E-state index contributed by atoms with van der Waals surface area (Å²) in [4.78, 5) is 17.1. The van der Waals surface area contributed by atoms with Crippen LogP contribution in [0.4, 0.5) is 10.3 Å². The summed E-state index contributed by atoms with van der Waals surface area (Å²) >= 11 is 0. The standard InChI is InChI=1S/C20H22FN3O2/c1-24-19(25)15(13-5-3-2-4-6-13)11-22-20(24)23-12-16-14-9-10-26-18(14)8-7-17(16)21/h5,7-8,11H,2-4,6,9-10,12H2,1H3,(H,22,23). The third-order valence-corrected chi connectivity index (χ3v) is 5.17. The zero-order valence-corrected chi connectivity index (χ0v) is 14.8. The van der Waals surface area contributed by atoms with Crippen LogP contribution in [0.5, 0.6) is 5.75 Å². The number of hydrogen-bond donors (Lipinski definition) is 1. The Bertz CT molecular complexity index is 933. The minimum Gasteiger partial charge on any atom is -0.493 e. The second-order valence-electron chi connectivity index (χ2n) is 6.79. The molecule has 0 spiro atoms. The van der Waals surface area contributed by atoms with E-state index in [0.717, 1.165) is 36.1 Å². The first kappa shape index (κ1) is 16.8. The van der Waals surface area contributed by atoms with Crippen LogP contribution in [0.1, 0.15) is 42.4 Å². The van der Waals surface area contributed by atoms with Gasteiger partial charge in [0.05, 0.1) is 12.2 Å².